The second-order valence-corrected chi connectivity index (χ2v) is 9.37. The molecule has 1 aliphatic carbocycles. The molecule has 32 heavy (non-hydrogen) atoms. The molecular formula is C25H25N3O3S. The van der Waals surface area contributed by atoms with Gasteiger partial charge in [0.15, 0.2) is 34.4 Å². The summed E-state index contributed by atoms with van der Waals surface area (Å²) in [6.45, 7) is 6.66. The minimum absolute atomic E-state index is 0.102. The fraction of sp³-hybridized carbons (Fsp3) is 0.320. The molecule has 164 valence electrons. The predicted molar refractivity (Wildman–Crippen MR) is 124 cm³/mol. The van der Waals surface area contributed by atoms with Crippen molar-refractivity contribution < 1.29 is 14.3 Å². The first kappa shape index (κ1) is 20.8. The van der Waals surface area contributed by atoms with Crippen LogP contribution < -0.4 is 9.47 Å². The summed E-state index contributed by atoms with van der Waals surface area (Å²) in [6.07, 6.45) is 4.75. The van der Waals surface area contributed by atoms with Crippen LogP contribution in [-0.2, 0) is 19.4 Å². The topological polar surface area (TPSA) is 66.2 Å². The lowest BCUT2D eigenvalue weighted by Gasteiger charge is -2.26. The number of aromatic nitrogens is 3. The molecule has 0 bridgehead atoms. The first-order valence-electron chi connectivity index (χ1n) is 10.9. The first-order valence-corrected chi connectivity index (χ1v) is 11.8. The summed E-state index contributed by atoms with van der Waals surface area (Å²) >= 11 is 1.41. The molecule has 2 unspecified atom stereocenters. The molecule has 0 saturated heterocycles. The highest BCUT2D eigenvalue weighted by molar-refractivity contribution is 8.00. The molecule has 0 amide bonds. The summed E-state index contributed by atoms with van der Waals surface area (Å²) in [5.74, 6) is 2.18. The van der Waals surface area contributed by atoms with Gasteiger partial charge in [0.1, 0.15) is 6.61 Å². The third-order valence-corrected chi connectivity index (χ3v) is 6.97. The molecule has 0 spiro atoms. The minimum atomic E-state index is -0.380. The van der Waals surface area contributed by atoms with Gasteiger partial charge in [0.25, 0.3) is 0 Å². The van der Waals surface area contributed by atoms with Gasteiger partial charge in [-0.3, -0.25) is 9.36 Å². The number of ketones is 1. The van der Waals surface area contributed by atoms with Crippen molar-refractivity contribution in [3.63, 3.8) is 0 Å². The van der Waals surface area contributed by atoms with Crippen LogP contribution in [0, 0.1) is 0 Å². The molecular weight excluding hydrogens is 422 g/mol. The van der Waals surface area contributed by atoms with Gasteiger partial charge in [-0.15, -0.1) is 16.8 Å². The van der Waals surface area contributed by atoms with Crippen LogP contribution in [0.2, 0.25) is 0 Å². The van der Waals surface area contributed by atoms with Crippen molar-refractivity contribution in [1.82, 2.24) is 14.8 Å². The van der Waals surface area contributed by atoms with E-state index in [-0.39, 0.29) is 17.1 Å². The van der Waals surface area contributed by atoms with E-state index in [1.807, 2.05) is 41.8 Å². The lowest BCUT2D eigenvalue weighted by molar-refractivity contribution is 0.0821. The van der Waals surface area contributed by atoms with E-state index in [0.717, 1.165) is 24.2 Å². The lowest BCUT2D eigenvalue weighted by Crippen LogP contribution is -2.25. The molecule has 0 radical (unpaired) electrons. The molecule has 2 atom stereocenters. The Labute approximate surface area is 191 Å². The van der Waals surface area contributed by atoms with Gasteiger partial charge in [-0.05, 0) is 55.5 Å². The first-order chi connectivity index (χ1) is 15.6. The van der Waals surface area contributed by atoms with Crippen molar-refractivity contribution in [1.29, 1.82) is 0 Å². The zero-order valence-electron chi connectivity index (χ0n) is 18.0. The normalized spacial score (nSPS) is 17.6. The Morgan fingerprint density at radius 2 is 2.03 bits per heavy atom. The van der Waals surface area contributed by atoms with Crippen molar-refractivity contribution >= 4 is 17.5 Å². The Kier molecular flexibility index (Phi) is 5.74. The lowest BCUT2D eigenvalue weighted by atomic mass is 10.0. The van der Waals surface area contributed by atoms with Gasteiger partial charge in [0.05, 0.1) is 5.25 Å². The van der Waals surface area contributed by atoms with Gasteiger partial charge < -0.3 is 9.47 Å². The predicted octanol–water partition coefficient (Wildman–Crippen LogP) is 4.83. The second-order valence-electron chi connectivity index (χ2n) is 8.07. The molecule has 1 aromatic heterocycles. The van der Waals surface area contributed by atoms with Gasteiger partial charge in [-0.2, -0.15) is 0 Å². The number of thioether (sulfide) groups is 1. The van der Waals surface area contributed by atoms with Crippen LogP contribution in [0.25, 0.3) is 0 Å². The quantitative estimate of drug-likeness (QED) is 0.294. The molecule has 1 aliphatic heterocycles. The maximum atomic E-state index is 13.1. The highest BCUT2D eigenvalue weighted by Crippen LogP contribution is 2.36. The number of allylic oxidation sites excluding steroid dienone is 1. The van der Waals surface area contributed by atoms with Crippen LogP contribution in [0.1, 0.15) is 46.8 Å². The number of hydrogen-bond acceptors (Lipinski definition) is 6. The Bertz CT molecular complexity index is 1170. The minimum Gasteiger partial charge on any atom is -0.485 e. The van der Waals surface area contributed by atoms with Crippen LogP contribution in [0.3, 0.4) is 0 Å². The molecule has 6 nitrogen and oxygen atoms in total. The molecule has 7 heteroatoms. The molecule has 0 N–H and O–H groups in total. The number of hydrogen-bond donors (Lipinski definition) is 0. The molecule has 2 aliphatic rings. The smallest absolute Gasteiger partial charge is 0.192 e. The summed E-state index contributed by atoms with van der Waals surface area (Å²) in [4.78, 5) is 13.1. The summed E-state index contributed by atoms with van der Waals surface area (Å²) in [5.41, 5.74) is 3.44. The molecule has 3 aromatic rings. The SMILES string of the molecule is C=CCn1c(SC(C)C(=O)c2ccc3c(c2)CCC3)nnc1C1COc2ccccc2O1. The van der Waals surface area contributed by atoms with E-state index in [9.17, 15) is 4.79 Å². The number of Topliss-reactive ketones (excluding diaryl/α,β-unsaturated/α-hetero) is 1. The molecule has 5 rings (SSSR count). The number of carbonyl (C=O) groups is 1. The van der Waals surface area contributed by atoms with Crippen molar-refractivity contribution in [2.75, 3.05) is 6.61 Å². The van der Waals surface area contributed by atoms with Gasteiger partial charge in [-0.25, -0.2) is 0 Å². The van der Waals surface area contributed by atoms with E-state index in [4.69, 9.17) is 9.47 Å². The fourth-order valence-corrected chi connectivity index (χ4v) is 5.19. The van der Waals surface area contributed by atoms with Crippen LogP contribution >= 0.6 is 11.8 Å². The summed E-state index contributed by atoms with van der Waals surface area (Å²) in [5, 5.41) is 9.15. The number of aryl methyl sites for hydroxylation is 2. The summed E-state index contributed by atoms with van der Waals surface area (Å²) in [6, 6.07) is 13.7. The Morgan fingerprint density at radius 1 is 1.22 bits per heavy atom. The number of para-hydroxylation sites is 2. The third kappa shape index (κ3) is 3.93. The number of carbonyl (C=O) groups excluding carboxylic acids is 1. The van der Waals surface area contributed by atoms with Crippen molar-refractivity contribution in [3.8, 4) is 11.5 Å². The molecule has 2 aromatic carbocycles. The third-order valence-electron chi connectivity index (χ3n) is 5.89. The van der Waals surface area contributed by atoms with Crippen molar-refractivity contribution in [2.24, 2.45) is 0 Å². The summed E-state index contributed by atoms with van der Waals surface area (Å²) < 4.78 is 13.9. The van der Waals surface area contributed by atoms with E-state index >= 15 is 0 Å². The second kappa shape index (κ2) is 8.82. The Balaban J connectivity index is 1.35. The molecule has 0 saturated carbocycles. The van der Waals surface area contributed by atoms with E-state index in [1.165, 1.54) is 29.3 Å². The van der Waals surface area contributed by atoms with Crippen LogP contribution in [0.5, 0.6) is 11.5 Å². The number of rotatable bonds is 7. The standard InChI is InChI=1S/C25H25N3O3S/c1-3-13-28-24(22-15-30-20-9-4-5-10-21(20)31-22)26-27-25(28)32-16(2)23(29)19-12-11-17-7-6-8-18(17)14-19/h3-5,9-12,14,16,22H,1,6-8,13,15H2,2H3. The molecule has 0 fully saturated rings. The number of nitrogens with zero attached hydrogens (tertiary/aromatic N) is 3. The summed E-state index contributed by atoms with van der Waals surface area (Å²) in [7, 11) is 0. The highest BCUT2D eigenvalue weighted by Gasteiger charge is 2.29. The van der Waals surface area contributed by atoms with Crippen molar-refractivity contribution in [3.05, 3.63) is 77.6 Å². The average molecular weight is 448 g/mol. The number of benzene rings is 2. The maximum absolute atomic E-state index is 13.1. The maximum Gasteiger partial charge on any atom is 0.192 e. The number of ether oxygens (including phenoxy) is 2. The van der Waals surface area contributed by atoms with Gasteiger partial charge in [0, 0.05) is 12.1 Å². The van der Waals surface area contributed by atoms with Crippen LogP contribution in [0.4, 0.5) is 0 Å². The van der Waals surface area contributed by atoms with E-state index in [2.05, 4.69) is 28.9 Å². The monoisotopic (exact) mass is 447 g/mol. The average Bonchev–Trinajstić information content (AvgIpc) is 3.45. The highest BCUT2D eigenvalue weighted by atomic mass is 32.2. The molecule has 2 heterocycles. The Hall–Kier alpha value is -3.06. The zero-order valence-corrected chi connectivity index (χ0v) is 18.8. The van der Waals surface area contributed by atoms with E-state index in [1.54, 1.807) is 6.08 Å². The zero-order chi connectivity index (χ0) is 22.1. The fourth-order valence-electron chi connectivity index (χ4n) is 4.24. The number of fused-ring (bicyclic) bond motifs is 2. The van der Waals surface area contributed by atoms with E-state index in [0.29, 0.717) is 29.9 Å². The largest absolute Gasteiger partial charge is 0.485 e. The van der Waals surface area contributed by atoms with Crippen molar-refractivity contribution in [2.45, 2.75) is 49.2 Å². The van der Waals surface area contributed by atoms with E-state index < -0.39 is 0 Å². The van der Waals surface area contributed by atoms with Gasteiger partial charge >= 0.3 is 0 Å². The van der Waals surface area contributed by atoms with Gasteiger partial charge in [0.2, 0.25) is 0 Å². The Morgan fingerprint density at radius 3 is 2.88 bits per heavy atom. The van der Waals surface area contributed by atoms with Crippen LogP contribution in [-0.4, -0.2) is 32.4 Å². The van der Waals surface area contributed by atoms with Gasteiger partial charge in [-0.1, -0.05) is 42.1 Å². The van der Waals surface area contributed by atoms with Crippen LogP contribution in [0.15, 0.2) is 60.3 Å².